The van der Waals surface area contributed by atoms with Gasteiger partial charge < -0.3 is 4.52 Å². The van der Waals surface area contributed by atoms with Crippen LogP contribution in [-0.4, -0.2) is 18.6 Å². The van der Waals surface area contributed by atoms with Crippen molar-refractivity contribution in [2.24, 2.45) is 0 Å². The number of aromatic nitrogens is 2. The lowest BCUT2D eigenvalue weighted by Crippen LogP contribution is -2.13. The Morgan fingerprint density at radius 1 is 1.15 bits per heavy atom. The largest absolute Gasteiger partial charge is 0.334 e. The molecule has 0 radical (unpaired) electrons. The van der Waals surface area contributed by atoms with Crippen molar-refractivity contribution < 1.29 is 12.9 Å². The van der Waals surface area contributed by atoms with Crippen LogP contribution in [0.2, 0.25) is 0 Å². The fourth-order valence-corrected chi connectivity index (χ4v) is 3.32. The lowest BCUT2D eigenvalue weighted by molar-refractivity contribution is 0.419. The zero-order valence-corrected chi connectivity index (χ0v) is 15.0. The molecule has 0 saturated carbocycles. The predicted octanol–water partition coefficient (Wildman–Crippen LogP) is 3.53. The van der Waals surface area contributed by atoms with Crippen molar-refractivity contribution in [1.82, 2.24) is 10.1 Å². The standard InChI is InChI=1S/C18H16N4O3S/c1-12(2)17-20-18(25-21-17)14-6-8-15(9-7-14)22-26(23,24)16-5-3-4-13(10-16)11-19/h3-10,12,22H,1-2H3. The summed E-state index contributed by atoms with van der Waals surface area (Å²) in [5.74, 6) is 1.15. The molecular weight excluding hydrogens is 352 g/mol. The fraction of sp³-hybridized carbons (Fsp3) is 0.167. The molecule has 1 N–H and O–H groups in total. The average Bonchev–Trinajstić information content (AvgIpc) is 3.12. The third-order valence-corrected chi connectivity index (χ3v) is 4.99. The van der Waals surface area contributed by atoms with Crippen LogP contribution in [0.1, 0.15) is 31.2 Å². The maximum atomic E-state index is 12.4. The smallest absolute Gasteiger partial charge is 0.261 e. The minimum Gasteiger partial charge on any atom is -0.334 e. The first-order valence-corrected chi connectivity index (χ1v) is 9.34. The summed E-state index contributed by atoms with van der Waals surface area (Å²) in [5, 5.41) is 12.8. The molecule has 3 aromatic rings. The Hall–Kier alpha value is -3.18. The van der Waals surface area contributed by atoms with Crippen LogP contribution in [0.5, 0.6) is 0 Å². The Morgan fingerprint density at radius 3 is 2.50 bits per heavy atom. The molecule has 8 heteroatoms. The van der Waals surface area contributed by atoms with Crippen molar-refractivity contribution in [2.45, 2.75) is 24.7 Å². The van der Waals surface area contributed by atoms with E-state index in [4.69, 9.17) is 9.78 Å². The van der Waals surface area contributed by atoms with E-state index in [1.165, 1.54) is 18.2 Å². The Morgan fingerprint density at radius 2 is 1.88 bits per heavy atom. The number of rotatable bonds is 5. The molecule has 26 heavy (non-hydrogen) atoms. The number of hydrogen-bond acceptors (Lipinski definition) is 6. The molecule has 3 rings (SSSR count). The zero-order valence-electron chi connectivity index (χ0n) is 14.2. The first kappa shape index (κ1) is 17.6. The van der Waals surface area contributed by atoms with Gasteiger partial charge in [-0.15, -0.1) is 0 Å². The van der Waals surface area contributed by atoms with E-state index in [1.807, 2.05) is 19.9 Å². The molecule has 0 aliphatic heterocycles. The SMILES string of the molecule is CC(C)c1noc(-c2ccc(NS(=O)(=O)c3cccc(C#N)c3)cc2)n1. The molecule has 0 fully saturated rings. The highest BCUT2D eigenvalue weighted by Crippen LogP contribution is 2.23. The monoisotopic (exact) mass is 368 g/mol. The van der Waals surface area contributed by atoms with Gasteiger partial charge in [-0.25, -0.2) is 8.42 Å². The quantitative estimate of drug-likeness (QED) is 0.738. The van der Waals surface area contributed by atoms with Gasteiger partial charge in [-0.05, 0) is 42.5 Å². The summed E-state index contributed by atoms with van der Waals surface area (Å²) in [6, 6.07) is 14.4. The van der Waals surface area contributed by atoms with Crippen molar-refractivity contribution in [1.29, 1.82) is 5.26 Å². The van der Waals surface area contributed by atoms with Crippen molar-refractivity contribution in [3.05, 3.63) is 59.9 Å². The van der Waals surface area contributed by atoms with Gasteiger partial charge in [0.05, 0.1) is 16.5 Å². The summed E-state index contributed by atoms with van der Waals surface area (Å²) in [7, 11) is -3.78. The lowest BCUT2D eigenvalue weighted by Gasteiger charge is -2.08. The normalized spacial score (nSPS) is 11.3. The van der Waals surface area contributed by atoms with Crippen molar-refractivity contribution in [2.75, 3.05) is 4.72 Å². The molecule has 0 aliphatic rings. The summed E-state index contributed by atoms with van der Waals surface area (Å²) in [5.41, 5.74) is 1.36. The van der Waals surface area contributed by atoms with Crippen molar-refractivity contribution in [3.8, 4) is 17.5 Å². The minimum atomic E-state index is -3.78. The van der Waals surface area contributed by atoms with Crippen LogP contribution >= 0.6 is 0 Å². The number of anilines is 1. The Balaban J connectivity index is 1.81. The molecule has 2 aromatic carbocycles. The zero-order chi connectivity index (χ0) is 18.7. The van der Waals surface area contributed by atoms with E-state index in [0.717, 1.165) is 0 Å². The highest BCUT2D eigenvalue weighted by atomic mass is 32.2. The highest BCUT2D eigenvalue weighted by Gasteiger charge is 2.16. The van der Waals surface area contributed by atoms with Gasteiger partial charge in [-0.2, -0.15) is 10.2 Å². The van der Waals surface area contributed by atoms with Gasteiger partial charge in [-0.1, -0.05) is 25.1 Å². The van der Waals surface area contributed by atoms with Crippen LogP contribution in [0.25, 0.3) is 11.5 Å². The number of nitriles is 1. The van der Waals surface area contributed by atoms with Crippen LogP contribution in [0.15, 0.2) is 57.9 Å². The summed E-state index contributed by atoms with van der Waals surface area (Å²) in [6.07, 6.45) is 0. The van der Waals surface area contributed by atoms with Crippen LogP contribution < -0.4 is 4.72 Å². The van der Waals surface area contributed by atoms with E-state index in [9.17, 15) is 8.42 Å². The molecule has 7 nitrogen and oxygen atoms in total. The molecule has 132 valence electrons. The van der Waals surface area contributed by atoms with Crippen LogP contribution in [0.4, 0.5) is 5.69 Å². The molecule has 1 aromatic heterocycles. The molecule has 1 heterocycles. The molecule has 0 bridgehead atoms. The number of nitrogens with zero attached hydrogens (tertiary/aromatic N) is 3. The third-order valence-electron chi connectivity index (χ3n) is 3.62. The summed E-state index contributed by atoms with van der Waals surface area (Å²) >= 11 is 0. The second-order valence-corrected chi connectivity index (χ2v) is 7.62. The average molecular weight is 368 g/mol. The number of nitrogens with one attached hydrogen (secondary N) is 1. The molecule has 0 saturated heterocycles. The highest BCUT2D eigenvalue weighted by molar-refractivity contribution is 7.92. The van der Waals surface area contributed by atoms with Crippen molar-refractivity contribution >= 4 is 15.7 Å². The van der Waals surface area contributed by atoms with Crippen molar-refractivity contribution in [3.63, 3.8) is 0 Å². The van der Waals surface area contributed by atoms with E-state index < -0.39 is 10.0 Å². The molecular formula is C18H16N4O3S. The first-order valence-electron chi connectivity index (χ1n) is 7.86. The maximum absolute atomic E-state index is 12.4. The van der Waals surface area contributed by atoms with Gasteiger partial charge in [-0.3, -0.25) is 4.72 Å². The van der Waals surface area contributed by atoms with E-state index in [-0.39, 0.29) is 16.4 Å². The van der Waals surface area contributed by atoms with Gasteiger partial charge in [0.15, 0.2) is 5.82 Å². The van der Waals surface area contributed by atoms with Crippen LogP contribution in [0, 0.1) is 11.3 Å². The number of benzene rings is 2. The van der Waals surface area contributed by atoms with Gasteiger partial charge in [0.2, 0.25) is 0 Å². The van der Waals surface area contributed by atoms with Gasteiger partial charge in [0.1, 0.15) is 0 Å². The Labute approximate surface area is 151 Å². The first-order chi connectivity index (χ1) is 12.4. The van der Waals surface area contributed by atoms with Gasteiger partial charge >= 0.3 is 0 Å². The molecule has 0 amide bonds. The van der Waals surface area contributed by atoms with Gasteiger partial charge in [0.25, 0.3) is 15.9 Å². The van der Waals surface area contributed by atoms with E-state index in [2.05, 4.69) is 14.9 Å². The maximum Gasteiger partial charge on any atom is 0.261 e. The third kappa shape index (κ3) is 3.73. The van der Waals surface area contributed by atoms with E-state index >= 15 is 0 Å². The summed E-state index contributed by atoms with van der Waals surface area (Å²) in [4.78, 5) is 4.33. The second-order valence-electron chi connectivity index (χ2n) is 5.93. The van der Waals surface area contributed by atoms with E-state index in [1.54, 1.807) is 30.3 Å². The predicted molar refractivity (Wildman–Crippen MR) is 95.8 cm³/mol. The van der Waals surface area contributed by atoms with Crippen LogP contribution in [0.3, 0.4) is 0 Å². The Bertz CT molecular complexity index is 1060. The Kier molecular flexibility index (Phi) is 4.73. The minimum absolute atomic E-state index is 0.0269. The number of sulfonamides is 1. The summed E-state index contributed by atoms with van der Waals surface area (Å²) < 4.78 is 32.6. The molecule has 0 spiro atoms. The lowest BCUT2D eigenvalue weighted by atomic mass is 10.2. The molecule has 0 atom stereocenters. The summed E-state index contributed by atoms with van der Waals surface area (Å²) in [6.45, 7) is 3.93. The second kappa shape index (κ2) is 6.98. The topological polar surface area (TPSA) is 109 Å². The van der Waals surface area contributed by atoms with Crippen LogP contribution in [-0.2, 0) is 10.0 Å². The fourth-order valence-electron chi connectivity index (χ4n) is 2.21. The molecule has 0 aliphatic carbocycles. The molecule has 0 unspecified atom stereocenters. The van der Waals surface area contributed by atoms with E-state index in [0.29, 0.717) is 23.0 Å². The number of hydrogen-bond donors (Lipinski definition) is 1. The van der Waals surface area contributed by atoms with Gasteiger partial charge in [0, 0.05) is 17.2 Å².